The number of nitrogens with zero attached hydrogens (tertiary/aromatic N) is 2. The van der Waals surface area contributed by atoms with Gasteiger partial charge in [0, 0.05) is 12.1 Å². The molecule has 2 saturated carbocycles. The maximum atomic E-state index is 12.2. The van der Waals surface area contributed by atoms with Crippen molar-refractivity contribution in [2.45, 2.75) is 104 Å². The molecule has 4 rings (SSSR count). The third-order valence-electron chi connectivity index (χ3n) is 9.99. The highest BCUT2D eigenvalue weighted by atomic mass is 16.4. The zero-order chi connectivity index (χ0) is 26.2. The van der Waals surface area contributed by atoms with E-state index in [1.165, 1.54) is 82.1 Å². The van der Waals surface area contributed by atoms with Crippen molar-refractivity contribution in [2.24, 2.45) is 34.7 Å². The largest absolute Gasteiger partial charge is 0.481 e. The van der Waals surface area contributed by atoms with E-state index < -0.39 is 5.97 Å². The molecule has 3 fully saturated rings. The van der Waals surface area contributed by atoms with Crippen LogP contribution in [0, 0.1) is 29.6 Å². The third kappa shape index (κ3) is 7.59. The van der Waals surface area contributed by atoms with Gasteiger partial charge in [-0.25, -0.2) is 0 Å². The maximum absolute atomic E-state index is 12.2. The second kappa shape index (κ2) is 13.8. The van der Waals surface area contributed by atoms with Gasteiger partial charge < -0.3 is 15.2 Å². The predicted octanol–water partition coefficient (Wildman–Crippen LogP) is 7.62. The Labute approximate surface area is 224 Å². The van der Waals surface area contributed by atoms with Crippen LogP contribution in [0.15, 0.2) is 40.1 Å². The number of oxime groups is 1. The number of allylic oxidation sites excluding steroid dienone is 6. The molecule has 1 heterocycles. The van der Waals surface area contributed by atoms with E-state index in [-0.39, 0.29) is 5.92 Å². The Morgan fingerprint density at radius 3 is 2.46 bits per heavy atom. The molecule has 3 unspecified atom stereocenters. The summed E-state index contributed by atoms with van der Waals surface area (Å²) in [4.78, 5) is 14.8. The first kappa shape index (κ1) is 28.1. The Hall–Kier alpha value is -1.88. The second-order valence-electron chi connectivity index (χ2n) is 12.4. The van der Waals surface area contributed by atoms with Crippen LogP contribution < -0.4 is 0 Å². The molecule has 0 aromatic carbocycles. The third-order valence-corrected chi connectivity index (χ3v) is 9.99. The number of piperidine rings is 1. The van der Waals surface area contributed by atoms with E-state index in [4.69, 9.17) is 0 Å². The summed E-state index contributed by atoms with van der Waals surface area (Å²) in [7, 11) is 0. The lowest BCUT2D eigenvalue weighted by Gasteiger charge is -2.34. The molecule has 5 heteroatoms. The smallest absolute Gasteiger partial charge is 0.307 e. The summed E-state index contributed by atoms with van der Waals surface area (Å²) in [6.07, 6.45) is 22.9. The van der Waals surface area contributed by atoms with Gasteiger partial charge in [-0.15, -0.1) is 0 Å². The molecule has 1 saturated heterocycles. The lowest BCUT2D eigenvalue weighted by atomic mass is 9.73. The van der Waals surface area contributed by atoms with Gasteiger partial charge in [-0.3, -0.25) is 4.79 Å². The minimum atomic E-state index is -0.521. The topological polar surface area (TPSA) is 73.1 Å². The summed E-state index contributed by atoms with van der Waals surface area (Å²) >= 11 is 0. The molecule has 3 aliphatic carbocycles. The van der Waals surface area contributed by atoms with Crippen LogP contribution in [-0.4, -0.2) is 46.5 Å². The second-order valence-corrected chi connectivity index (χ2v) is 12.4. The fraction of sp³-hybridized carbons (Fsp3) is 0.750. The molecule has 37 heavy (non-hydrogen) atoms. The summed E-state index contributed by atoms with van der Waals surface area (Å²) in [6, 6.07) is 0. The van der Waals surface area contributed by atoms with Crippen LogP contribution in [-0.2, 0) is 4.79 Å². The van der Waals surface area contributed by atoms with Crippen LogP contribution in [0.1, 0.15) is 104 Å². The highest BCUT2D eigenvalue weighted by Crippen LogP contribution is 2.43. The average molecular weight is 511 g/mol. The van der Waals surface area contributed by atoms with Crippen molar-refractivity contribution < 1.29 is 15.1 Å². The first-order valence-electron chi connectivity index (χ1n) is 15.2. The Bertz CT molecular complexity index is 888. The Kier molecular flexibility index (Phi) is 10.5. The van der Waals surface area contributed by atoms with E-state index in [9.17, 15) is 15.1 Å². The zero-order valence-corrected chi connectivity index (χ0v) is 23.3. The Morgan fingerprint density at radius 1 is 1.03 bits per heavy atom. The number of aliphatic carboxylic acids is 1. The van der Waals surface area contributed by atoms with Crippen molar-refractivity contribution in [1.29, 1.82) is 0 Å². The fourth-order valence-electron chi connectivity index (χ4n) is 7.66. The van der Waals surface area contributed by atoms with Crippen LogP contribution in [0.4, 0.5) is 0 Å². The number of hydrogen-bond donors (Lipinski definition) is 2. The molecule has 0 aromatic heterocycles. The summed E-state index contributed by atoms with van der Waals surface area (Å²) in [5.74, 6) is 1.73. The van der Waals surface area contributed by atoms with Crippen molar-refractivity contribution in [2.75, 3.05) is 19.6 Å². The minimum absolute atomic E-state index is 0.0925. The molecule has 2 N–H and O–H groups in total. The fourth-order valence-corrected chi connectivity index (χ4v) is 7.66. The number of carbonyl (C=O) groups is 1. The molecular formula is C32H50N2O3. The quantitative estimate of drug-likeness (QED) is 0.234. The SMILES string of the molecule is CC/C(C)=C1\C=C(CCCC2CCN(CC3CCC(C(C(=O)O)C4CCCCC4)C3)CC2)C=C\C1=N\O. The predicted molar refractivity (Wildman–Crippen MR) is 151 cm³/mol. The molecule has 0 bridgehead atoms. The Balaban J connectivity index is 1.17. The van der Waals surface area contributed by atoms with Gasteiger partial charge >= 0.3 is 5.97 Å². The highest BCUT2D eigenvalue weighted by Gasteiger charge is 2.40. The standard InChI is InChI=1S/C32H50N2O3/c1-3-23(2)29-21-25(13-15-30(29)33-37)9-7-8-24-16-18-34(19-17-24)22-26-12-14-28(20-26)31(32(35)36)27-10-5-4-6-11-27/h13,15,21,24,26-28,31,37H,3-12,14,16-20,22H2,1-2H3,(H,35,36)/b29-23+,33-30-. The van der Waals surface area contributed by atoms with Crippen LogP contribution in [0.2, 0.25) is 0 Å². The molecule has 0 radical (unpaired) electrons. The first-order chi connectivity index (χ1) is 18.0. The normalized spacial score (nSPS) is 29.5. The van der Waals surface area contributed by atoms with E-state index in [2.05, 4.69) is 36.1 Å². The Morgan fingerprint density at radius 2 is 1.78 bits per heavy atom. The molecule has 206 valence electrons. The van der Waals surface area contributed by atoms with Crippen LogP contribution >= 0.6 is 0 Å². The maximum Gasteiger partial charge on any atom is 0.307 e. The molecule has 0 amide bonds. The van der Waals surface area contributed by atoms with Gasteiger partial charge in [0.15, 0.2) is 0 Å². The van der Waals surface area contributed by atoms with Crippen LogP contribution in [0.5, 0.6) is 0 Å². The lowest BCUT2D eigenvalue weighted by Crippen LogP contribution is -2.37. The van der Waals surface area contributed by atoms with Gasteiger partial charge in [0.1, 0.15) is 5.71 Å². The van der Waals surface area contributed by atoms with Crippen molar-refractivity contribution >= 4 is 11.7 Å². The number of carboxylic acid groups (broad SMARTS) is 1. The monoisotopic (exact) mass is 510 g/mol. The highest BCUT2D eigenvalue weighted by molar-refractivity contribution is 6.12. The van der Waals surface area contributed by atoms with E-state index in [0.717, 1.165) is 50.0 Å². The van der Waals surface area contributed by atoms with Crippen molar-refractivity contribution in [3.05, 3.63) is 34.9 Å². The molecule has 1 aliphatic heterocycles. The summed E-state index contributed by atoms with van der Waals surface area (Å²) in [5.41, 5.74) is 4.37. The van der Waals surface area contributed by atoms with E-state index >= 15 is 0 Å². The van der Waals surface area contributed by atoms with Gasteiger partial charge in [0.05, 0.1) is 5.92 Å². The van der Waals surface area contributed by atoms with E-state index in [1.807, 2.05) is 6.08 Å². The molecule has 0 spiro atoms. The van der Waals surface area contributed by atoms with E-state index in [1.54, 1.807) is 0 Å². The van der Waals surface area contributed by atoms with Gasteiger partial charge in [-0.1, -0.05) is 49.4 Å². The number of carboxylic acids is 1. The molecule has 0 aromatic rings. The summed E-state index contributed by atoms with van der Waals surface area (Å²) in [5, 5.41) is 22.8. The average Bonchev–Trinajstić information content (AvgIpc) is 3.37. The minimum Gasteiger partial charge on any atom is -0.481 e. The van der Waals surface area contributed by atoms with Crippen molar-refractivity contribution in [3.8, 4) is 0 Å². The van der Waals surface area contributed by atoms with Gasteiger partial charge in [0.2, 0.25) is 0 Å². The lowest BCUT2D eigenvalue weighted by molar-refractivity contribution is -0.146. The number of rotatable bonds is 10. The van der Waals surface area contributed by atoms with Gasteiger partial charge in [0.25, 0.3) is 0 Å². The number of hydrogen-bond acceptors (Lipinski definition) is 4. The van der Waals surface area contributed by atoms with Crippen molar-refractivity contribution in [1.82, 2.24) is 4.90 Å². The van der Waals surface area contributed by atoms with E-state index in [0.29, 0.717) is 23.5 Å². The van der Waals surface area contributed by atoms with Gasteiger partial charge in [-0.05, 0) is 126 Å². The first-order valence-corrected chi connectivity index (χ1v) is 15.2. The molecular weight excluding hydrogens is 460 g/mol. The zero-order valence-electron chi connectivity index (χ0n) is 23.3. The van der Waals surface area contributed by atoms with Crippen LogP contribution in [0.25, 0.3) is 0 Å². The molecule has 5 nitrogen and oxygen atoms in total. The molecule has 3 atom stereocenters. The van der Waals surface area contributed by atoms with Crippen LogP contribution in [0.3, 0.4) is 0 Å². The summed E-state index contributed by atoms with van der Waals surface area (Å²) in [6.45, 7) is 7.86. The van der Waals surface area contributed by atoms with Crippen molar-refractivity contribution in [3.63, 3.8) is 0 Å². The summed E-state index contributed by atoms with van der Waals surface area (Å²) < 4.78 is 0. The van der Waals surface area contributed by atoms with Gasteiger partial charge in [-0.2, -0.15) is 0 Å². The number of likely N-dealkylation sites (tertiary alicyclic amines) is 1. The molecule has 4 aliphatic rings.